The number of rotatable bonds is 7. The highest BCUT2D eigenvalue weighted by Crippen LogP contribution is 2.27. The van der Waals surface area contributed by atoms with Crippen LogP contribution in [0.3, 0.4) is 0 Å². The number of hydrogen-bond donors (Lipinski definition) is 1. The van der Waals surface area contributed by atoms with Crippen molar-refractivity contribution in [1.82, 2.24) is 34.8 Å². The van der Waals surface area contributed by atoms with E-state index in [0.717, 1.165) is 22.3 Å². The van der Waals surface area contributed by atoms with Crippen LogP contribution in [0, 0.1) is 12.7 Å². The average Bonchev–Trinajstić information content (AvgIpc) is 3.45. The first-order valence-corrected chi connectivity index (χ1v) is 11.7. The van der Waals surface area contributed by atoms with Crippen LogP contribution >= 0.6 is 0 Å². The largest absolute Gasteiger partial charge is 0.494 e. The van der Waals surface area contributed by atoms with Crippen LogP contribution in [-0.4, -0.2) is 42.5 Å². The Hall–Kier alpha value is -4.60. The number of aryl methyl sites for hydroxylation is 3. The number of nitrogens with one attached hydrogen (secondary N) is 1. The summed E-state index contributed by atoms with van der Waals surface area (Å²) in [7, 11) is 5.08. The molecule has 0 radical (unpaired) electrons. The van der Waals surface area contributed by atoms with Gasteiger partial charge in [-0.25, -0.2) is 14.4 Å². The Morgan fingerprint density at radius 1 is 1.11 bits per heavy atom. The van der Waals surface area contributed by atoms with Gasteiger partial charge in [0.1, 0.15) is 5.82 Å². The standard InChI is InChI=1S/C27H26FN7O2/c1-16-9-21(35(3)33-16)12-25-29-13-19-6-5-18(11-23(19)31-25)27(36)32-26(20-14-30-34(2)15-20)17-7-8-24(37-4)22(28)10-17/h5-11,13-15,26H,12H2,1-4H3,(H,32,36)/t26-/m0/s1. The van der Waals surface area contributed by atoms with E-state index in [4.69, 9.17) is 4.74 Å². The number of halogens is 1. The van der Waals surface area contributed by atoms with E-state index >= 15 is 0 Å². The lowest BCUT2D eigenvalue weighted by Gasteiger charge is -2.19. The molecule has 0 fully saturated rings. The first-order valence-electron chi connectivity index (χ1n) is 11.7. The predicted octanol–water partition coefficient (Wildman–Crippen LogP) is 3.66. The first kappa shape index (κ1) is 24.1. The molecule has 1 atom stereocenters. The summed E-state index contributed by atoms with van der Waals surface area (Å²) in [6.45, 7) is 1.94. The van der Waals surface area contributed by atoms with E-state index in [2.05, 4.69) is 25.5 Å². The van der Waals surface area contributed by atoms with Crippen molar-refractivity contribution in [2.24, 2.45) is 14.1 Å². The van der Waals surface area contributed by atoms with Crippen LogP contribution in [0.1, 0.15) is 44.7 Å². The number of methoxy groups -OCH3 is 1. The van der Waals surface area contributed by atoms with Gasteiger partial charge in [0.2, 0.25) is 0 Å². The Morgan fingerprint density at radius 2 is 1.95 bits per heavy atom. The van der Waals surface area contributed by atoms with Crippen molar-refractivity contribution >= 4 is 16.8 Å². The molecule has 0 bridgehead atoms. The van der Waals surface area contributed by atoms with Gasteiger partial charge in [-0.15, -0.1) is 0 Å². The lowest BCUT2D eigenvalue weighted by molar-refractivity contribution is 0.0943. The van der Waals surface area contributed by atoms with Crippen molar-refractivity contribution in [2.75, 3.05) is 7.11 Å². The Kier molecular flexibility index (Phi) is 6.39. The van der Waals surface area contributed by atoms with Crippen LogP contribution < -0.4 is 10.1 Å². The molecule has 0 aliphatic carbocycles. The molecule has 0 unspecified atom stereocenters. The molecule has 1 amide bonds. The van der Waals surface area contributed by atoms with Crippen LogP contribution in [0.25, 0.3) is 10.9 Å². The van der Waals surface area contributed by atoms with Crippen molar-refractivity contribution in [3.8, 4) is 5.75 Å². The molecule has 3 heterocycles. The van der Waals surface area contributed by atoms with Crippen LogP contribution in [0.15, 0.2) is 61.1 Å². The van der Waals surface area contributed by atoms with Crippen molar-refractivity contribution in [2.45, 2.75) is 19.4 Å². The minimum Gasteiger partial charge on any atom is -0.494 e. The van der Waals surface area contributed by atoms with E-state index in [1.165, 1.54) is 13.2 Å². The van der Waals surface area contributed by atoms with Gasteiger partial charge in [-0.2, -0.15) is 10.2 Å². The topological polar surface area (TPSA) is 99.8 Å². The van der Waals surface area contributed by atoms with Gasteiger partial charge in [0.15, 0.2) is 11.6 Å². The SMILES string of the molecule is COc1ccc([C@H](NC(=O)c2ccc3cnc(Cc4cc(C)nn4C)nc3c2)c2cnn(C)c2)cc1F. The number of amides is 1. The van der Waals surface area contributed by atoms with Gasteiger partial charge in [0, 0.05) is 55.1 Å². The molecule has 1 N–H and O–H groups in total. The molecule has 37 heavy (non-hydrogen) atoms. The van der Waals surface area contributed by atoms with E-state index in [1.54, 1.807) is 54.6 Å². The number of nitrogens with zero attached hydrogens (tertiary/aromatic N) is 6. The van der Waals surface area contributed by atoms with Crippen LogP contribution in [0.5, 0.6) is 5.75 Å². The fraction of sp³-hybridized carbons (Fsp3) is 0.222. The smallest absolute Gasteiger partial charge is 0.252 e. The quantitative estimate of drug-likeness (QED) is 0.367. The second-order valence-electron chi connectivity index (χ2n) is 8.89. The van der Waals surface area contributed by atoms with Gasteiger partial charge in [-0.3, -0.25) is 14.2 Å². The minimum atomic E-state index is -0.619. The maximum absolute atomic E-state index is 14.5. The summed E-state index contributed by atoms with van der Waals surface area (Å²) in [6, 6.07) is 11.3. The monoisotopic (exact) mass is 499 g/mol. The molecule has 10 heteroatoms. The summed E-state index contributed by atoms with van der Waals surface area (Å²) in [6.07, 6.45) is 5.71. The van der Waals surface area contributed by atoms with Crippen molar-refractivity contribution in [1.29, 1.82) is 0 Å². The molecular weight excluding hydrogens is 473 g/mol. The van der Waals surface area contributed by atoms with Crippen LogP contribution in [0.4, 0.5) is 4.39 Å². The van der Waals surface area contributed by atoms with Crippen LogP contribution in [-0.2, 0) is 20.5 Å². The summed E-state index contributed by atoms with van der Waals surface area (Å²) >= 11 is 0. The summed E-state index contributed by atoms with van der Waals surface area (Å²) in [4.78, 5) is 22.5. The summed E-state index contributed by atoms with van der Waals surface area (Å²) < 4.78 is 23.0. The maximum Gasteiger partial charge on any atom is 0.252 e. The number of ether oxygens (including phenoxy) is 1. The fourth-order valence-corrected chi connectivity index (χ4v) is 4.30. The van der Waals surface area contributed by atoms with Gasteiger partial charge in [-0.05, 0) is 42.8 Å². The maximum atomic E-state index is 14.5. The molecule has 3 aromatic heterocycles. The Morgan fingerprint density at radius 3 is 2.62 bits per heavy atom. The third kappa shape index (κ3) is 5.04. The fourth-order valence-electron chi connectivity index (χ4n) is 4.30. The van der Waals surface area contributed by atoms with E-state index in [-0.39, 0.29) is 11.7 Å². The van der Waals surface area contributed by atoms with Crippen LogP contribution in [0.2, 0.25) is 0 Å². The Labute approximate surface area is 212 Å². The Bertz CT molecular complexity index is 1610. The van der Waals surface area contributed by atoms with Gasteiger partial charge < -0.3 is 10.1 Å². The lowest BCUT2D eigenvalue weighted by Crippen LogP contribution is -2.29. The number of aromatic nitrogens is 6. The summed E-state index contributed by atoms with van der Waals surface area (Å²) in [5, 5.41) is 12.4. The van der Waals surface area contributed by atoms with E-state index < -0.39 is 11.9 Å². The molecule has 0 spiro atoms. The average molecular weight is 500 g/mol. The zero-order valence-corrected chi connectivity index (χ0v) is 20.9. The predicted molar refractivity (Wildman–Crippen MR) is 136 cm³/mol. The minimum absolute atomic E-state index is 0.131. The molecule has 5 aromatic rings. The molecule has 188 valence electrons. The highest BCUT2D eigenvalue weighted by molar-refractivity contribution is 5.98. The summed E-state index contributed by atoms with van der Waals surface area (Å²) in [5.41, 5.74) is 4.30. The van der Waals surface area contributed by atoms with Gasteiger partial charge in [0.25, 0.3) is 5.91 Å². The van der Waals surface area contributed by atoms with Gasteiger partial charge in [0.05, 0.1) is 30.6 Å². The molecule has 0 saturated carbocycles. The zero-order chi connectivity index (χ0) is 26.1. The molecule has 0 aliphatic rings. The Balaban J connectivity index is 1.44. The zero-order valence-electron chi connectivity index (χ0n) is 20.9. The van der Waals surface area contributed by atoms with E-state index in [1.807, 2.05) is 30.8 Å². The number of hydrogen-bond acceptors (Lipinski definition) is 6. The molecule has 5 rings (SSSR count). The molecule has 0 saturated heterocycles. The van der Waals surface area contributed by atoms with Crippen molar-refractivity contribution in [3.63, 3.8) is 0 Å². The van der Waals surface area contributed by atoms with E-state index in [0.29, 0.717) is 28.9 Å². The molecular formula is C27H26FN7O2. The molecule has 0 aliphatic heterocycles. The van der Waals surface area contributed by atoms with Gasteiger partial charge >= 0.3 is 0 Å². The normalized spacial score (nSPS) is 12.0. The summed E-state index contributed by atoms with van der Waals surface area (Å²) in [5.74, 6) is -0.0718. The second kappa shape index (κ2) is 9.81. The molecule has 2 aromatic carbocycles. The third-order valence-electron chi connectivity index (χ3n) is 6.18. The highest BCUT2D eigenvalue weighted by Gasteiger charge is 2.21. The first-order chi connectivity index (χ1) is 17.8. The lowest BCUT2D eigenvalue weighted by atomic mass is 10.0. The highest BCUT2D eigenvalue weighted by atomic mass is 19.1. The second-order valence-corrected chi connectivity index (χ2v) is 8.89. The third-order valence-corrected chi connectivity index (χ3v) is 6.18. The number of carbonyl (C=O) groups is 1. The molecule has 9 nitrogen and oxygen atoms in total. The number of fused-ring (bicyclic) bond motifs is 1. The van der Waals surface area contributed by atoms with Crippen molar-refractivity contribution in [3.05, 3.63) is 101 Å². The number of carbonyl (C=O) groups excluding carboxylic acids is 1. The van der Waals surface area contributed by atoms with E-state index in [9.17, 15) is 9.18 Å². The number of benzene rings is 2. The van der Waals surface area contributed by atoms with Crippen molar-refractivity contribution < 1.29 is 13.9 Å². The van der Waals surface area contributed by atoms with Gasteiger partial charge in [-0.1, -0.05) is 12.1 Å².